The summed E-state index contributed by atoms with van der Waals surface area (Å²) in [4.78, 5) is 0. The first-order valence-corrected chi connectivity index (χ1v) is 7.83. The van der Waals surface area contributed by atoms with E-state index in [-0.39, 0.29) is 5.38 Å². The van der Waals surface area contributed by atoms with Gasteiger partial charge in [-0.2, -0.15) is 0 Å². The number of ether oxygens (including phenoxy) is 2. The molecule has 0 bridgehead atoms. The lowest BCUT2D eigenvalue weighted by atomic mass is 9.99. The molecule has 2 nitrogen and oxygen atoms in total. The Morgan fingerprint density at radius 2 is 1.62 bits per heavy atom. The van der Waals surface area contributed by atoms with E-state index in [0.717, 1.165) is 21.3 Å². The van der Waals surface area contributed by atoms with E-state index in [0.29, 0.717) is 5.75 Å². The molecule has 0 heterocycles. The van der Waals surface area contributed by atoms with Crippen LogP contribution in [0.4, 0.5) is 0 Å². The highest BCUT2D eigenvalue weighted by atomic mass is 79.9. The third-order valence-electron chi connectivity index (χ3n) is 3.33. The summed E-state index contributed by atoms with van der Waals surface area (Å²) in [5, 5.41) is -0.277. The molecular weight excluding hydrogens is 352 g/mol. The SMILES string of the molecule is COc1ccc(C(Cl)c2cc(C)cc(C)c2)c(OC)c1Br. The molecule has 1 atom stereocenters. The van der Waals surface area contributed by atoms with Crippen molar-refractivity contribution < 1.29 is 9.47 Å². The lowest BCUT2D eigenvalue weighted by Crippen LogP contribution is -2.00. The van der Waals surface area contributed by atoms with E-state index >= 15 is 0 Å². The number of methoxy groups -OCH3 is 2. The van der Waals surface area contributed by atoms with Crippen LogP contribution in [0.5, 0.6) is 11.5 Å². The van der Waals surface area contributed by atoms with E-state index < -0.39 is 0 Å². The fraction of sp³-hybridized carbons (Fsp3) is 0.294. The Balaban J connectivity index is 2.52. The molecule has 0 amide bonds. The van der Waals surface area contributed by atoms with Crippen molar-refractivity contribution in [2.24, 2.45) is 0 Å². The van der Waals surface area contributed by atoms with Gasteiger partial charge in [-0.25, -0.2) is 0 Å². The predicted molar refractivity (Wildman–Crippen MR) is 90.9 cm³/mol. The Kier molecular flexibility index (Phi) is 5.17. The van der Waals surface area contributed by atoms with Gasteiger partial charge in [0, 0.05) is 5.56 Å². The second-order valence-corrected chi connectivity index (χ2v) is 6.22. The Labute approximate surface area is 139 Å². The monoisotopic (exact) mass is 368 g/mol. The summed E-state index contributed by atoms with van der Waals surface area (Å²) in [5.74, 6) is 1.42. The summed E-state index contributed by atoms with van der Waals surface area (Å²) >= 11 is 10.2. The number of rotatable bonds is 4. The third-order valence-corrected chi connectivity index (χ3v) is 4.56. The molecule has 0 aromatic heterocycles. The number of alkyl halides is 1. The molecule has 0 spiro atoms. The second kappa shape index (κ2) is 6.71. The lowest BCUT2D eigenvalue weighted by Gasteiger charge is -2.18. The van der Waals surface area contributed by atoms with Crippen molar-refractivity contribution in [2.75, 3.05) is 14.2 Å². The first kappa shape index (κ1) is 16.2. The summed E-state index contributed by atoms with van der Waals surface area (Å²) in [7, 11) is 3.26. The van der Waals surface area contributed by atoms with E-state index in [1.165, 1.54) is 11.1 Å². The standard InChI is InChI=1S/C17H18BrClO2/c1-10-7-11(2)9-12(8-10)16(19)13-5-6-14(20-3)15(18)17(13)21-4/h5-9,16H,1-4H3. The molecule has 2 aromatic rings. The summed E-state index contributed by atoms with van der Waals surface area (Å²) in [6.07, 6.45) is 0. The zero-order valence-electron chi connectivity index (χ0n) is 12.5. The van der Waals surface area contributed by atoms with Crippen molar-refractivity contribution in [3.63, 3.8) is 0 Å². The molecule has 2 rings (SSSR count). The van der Waals surface area contributed by atoms with Crippen LogP contribution in [0.1, 0.15) is 27.6 Å². The average molecular weight is 370 g/mol. The highest BCUT2D eigenvalue weighted by molar-refractivity contribution is 9.10. The number of benzene rings is 2. The molecule has 0 fully saturated rings. The van der Waals surface area contributed by atoms with E-state index in [1.807, 2.05) is 12.1 Å². The third kappa shape index (κ3) is 3.35. The predicted octanol–water partition coefficient (Wildman–Crippen LogP) is 5.41. The maximum absolute atomic E-state index is 6.69. The van der Waals surface area contributed by atoms with E-state index in [2.05, 4.69) is 48.0 Å². The Bertz CT molecular complexity index is 635. The minimum atomic E-state index is -0.277. The maximum atomic E-state index is 6.69. The van der Waals surface area contributed by atoms with Crippen molar-refractivity contribution in [2.45, 2.75) is 19.2 Å². The molecule has 0 aliphatic rings. The van der Waals surface area contributed by atoms with Gasteiger partial charge in [-0.3, -0.25) is 0 Å². The average Bonchev–Trinajstić information content (AvgIpc) is 2.45. The minimum Gasteiger partial charge on any atom is -0.495 e. The van der Waals surface area contributed by atoms with Gasteiger partial charge in [0.15, 0.2) is 0 Å². The molecule has 0 radical (unpaired) electrons. The number of hydrogen-bond acceptors (Lipinski definition) is 2. The van der Waals surface area contributed by atoms with Crippen LogP contribution in [-0.2, 0) is 0 Å². The van der Waals surface area contributed by atoms with Crippen molar-refractivity contribution >= 4 is 27.5 Å². The van der Waals surface area contributed by atoms with Crippen LogP contribution >= 0.6 is 27.5 Å². The van der Waals surface area contributed by atoms with Crippen LogP contribution in [0.15, 0.2) is 34.8 Å². The van der Waals surface area contributed by atoms with Crippen molar-refractivity contribution in [1.82, 2.24) is 0 Å². The van der Waals surface area contributed by atoms with Gasteiger partial charge in [0.2, 0.25) is 0 Å². The fourth-order valence-corrected chi connectivity index (χ4v) is 3.44. The van der Waals surface area contributed by atoms with Crippen LogP contribution in [0.25, 0.3) is 0 Å². The molecule has 0 saturated carbocycles. The Hall–Kier alpha value is -1.19. The van der Waals surface area contributed by atoms with Gasteiger partial charge in [-0.05, 0) is 47.5 Å². The molecule has 0 aliphatic heterocycles. The van der Waals surface area contributed by atoms with E-state index in [9.17, 15) is 0 Å². The number of hydrogen-bond donors (Lipinski definition) is 0. The molecule has 0 saturated heterocycles. The topological polar surface area (TPSA) is 18.5 Å². The highest BCUT2D eigenvalue weighted by Gasteiger charge is 2.20. The van der Waals surface area contributed by atoms with Crippen molar-refractivity contribution in [3.8, 4) is 11.5 Å². The first-order valence-electron chi connectivity index (χ1n) is 6.60. The summed E-state index contributed by atoms with van der Waals surface area (Å²) < 4.78 is 11.6. The molecular formula is C17H18BrClO2. The summed E-state index contributed by atoms with van der Waals surface area (Å²) in [6, 6.07) is 10.2. The van der Waals surface area contributed by atoms with Crippen LogP contribution in [0.2, 0.25) is 0 Å². The molecule has 2 aromatic carbocycles. The van der Waals surface area contributed by atoms with Crippen LogP contribution in [0, 0.1) is 13.8 Å². The van der Waals surface area contributed by atoms with Crippen LogP contribution in [0.3, 0.4) is 0 Å². The lowest BCUT2D eigenvalue weighted by molar-refractivity contribution is 0.386. The van der Waals surface area contributed by atoms with Gasteiger partial charge in [0.1, 0.15) is 16.0 Å². The Morgan fingerprint density at radius 3 is 2.14 bits per heavy atom. The van der Waals surface area contributed by atoms with E-state index in [4.69, 9.17) is 21.1 Å². The van der Waals surface area contributed by atoms with Gasteiger partial charge in [-0.15, -0.1) is 11.6 Å². The van der Waals surface area contributed by atoms with Gasteiger partial charge >= 0.3 is 0 Å². The summed E-state index contributed by atoms with van der Waals surface area (Å²) in [5.41, 5.74) is 4.37. The largest absolute Gasteiger partial charge is 0.495 e. The first-order chi connectivity index (χ1) is 9.97. The molecule has 0 N–H and O–H groups in total. The second-order valence-electron chi connectivity index (χ2n) is 4.99. The zero-order valence-corrected chi connectivity index (χ0v) is 14.9. The zero-order chi connectivity index (χ0) is 15.6. The summed E-state index contributed by atoms with van der Waals surface area (Å²) in [6.45, 7) is 4.14. The quantitative estimate of drug-likeness (QED) is 0.671. The normalized spacial score (nSPS) is 12.1. The Morgan fingerprint density at radius 1 is 1.00 bits per heavy atom. The van der Waals surface area contributed by atoms with Gasteiger partial charge in [0.25, 0.3) is 0 Å². The molecule has 1 unspecified atom stereocenters. The smallest absolute Gasteiger partial charge is 0.141 e. The molecule has 4 heteroatoms. The maximum Gasteiger partial charge on any atom is 0.141 e. The fourth-order valence-electron chi connectivity index (χ4n) is 2.45. The number of halogens is 2. The molecule has 21 heavy (non-hydrogen) atoms. The van der Waals surface area contributed by atoms with Gasteiger partial charge in [0.05, 0.1) is 19.6 Å². The van der Waals surface area contributed by atoms with Crippen LogP contribution in [-0.4, -0.2) is 14.2 Å². The van der Waals surface area contributed by atoms with Crippen molar-refractivity contribution in [1.29, 1.82) is 0 Å². The highest BCUT2D eigenvalue weighted by Crippen LogP contribution is 2.43. The van der Waals surface area contributed by atoms with Gasteiger partial charge in [-0.1, -0.05) is 29.3 Å². The molecule has 112 valence electrons. The minimum absolute atomic E-state index is 0.277. The van der Waals surface area contributed by atoms with Gasteiger partial charge < -0.3 is 9.47 Å². The number of aryl methyl sites for hydroxylation is 2. The van der Waals surface area contributed by atoms with E-state index in [1.54, 1.807) is 14.2 Å². The molecule has 0 aliphatic carbocycles. The van der Waals surface area contributed by atoms with Crippen LogP contribution < -0.4 is 9.47 Å². The van der Waals surface area contributed by atoms with Crippen molar-refractivity contribution in [3.05, 3.63) is 57.1 Å².